The summed E-state index contributed by atoms with van der Waals surface area (Å²) in [6, 6.07) is 0. The van der Waals surface area contributed by atoms with Gasteiger partial charge in [-0.2, -0.15) is 0 Å². The summed E-state index contributed by atoms with van der Waals surface area (Å²) in [4.78, 5) is 0. The Labute approximate surface area is 82.1 Å². The van der Waals surface area contributed by atoms with Crippen molar-refractivity contribution >= 4 is 9.47 Å². The fourth-order valence-corrected chi connectivity index (χ4v) is 2.23. The number of hydrogen-bond donors (Lipinski definition) is 1. The van der Waals surface area contributed by atoms with Crippen LogP contribution in [0.25, 0.3) is 0 Å². The van der Waals surface area contributed by atoms with E-state index >= 15 is 0 Å². The van der Waals surface area contributed by atoms with Crippen molar-refractivity contribution in [2.75, 3.05) is 13.2 Å². The van der Waals surface area contributed by atoms with E-state index in [0.717, 1.165) is 6.42 Å². The summed E-state index contributed by atoms with van der Waals surface area (Å²) >= 11 is 0. The zero-order valence-electron chi connectivity index (χ0n) is 8.27. The summed E-state index contributed by atoms with van der Waals surface area (Å²) in [6.07, 6.45) is 1.24. The highest BCUT2D eigenvalue weighted by Crippen LogP contribution is 2.34. The second-order valence-electron chi connectivity index (χ2n) is 3.75. The van der Waals surface area contributed by atoms with E-state index in [-0.39, 0.29) is 18.8 Å². The van der Waals surface area contributed by atoms with Gasteiger partial charge in [0.2, 0.25) is 0 Å². The molecule has 1 heterocycles. The Morgan fingerprint density at radius 1 is 1.46 bits per heavy atom. The van der Waals surface area contributed by atoms with Gasteiger partial charge in [-0.05, 0) is 25.2 Å². The predicted molar refractivity (Wildman–Crippen MR) is 54.4 cm³/mol. The minimum Gasteiger partial charge on any atom is -0.396 e. The van der Waals surface area contributed by atoms with Gasteiger partial charge in [-0.3, -0.25) is 0 Å². The zero-order chi connectivity index (χ0) is 9.84. The normalized spacial score (nSPS) is 39.7. The minimum atomic E-state index is 0.148. The molecule has 4 heteroatoms. The molecule has 1 aliphatic heterocycles. The lowest BCUT2D eigenvalue weighted by molar-refractivity contribution is 0.0128. The molecule has 0 bridgehead atoms. The van der Waals surface area contributed by atoms with Crippen molar-refractivity contribution in [1.29, 1.82) is 0 Å². The van der Waals surface area contributed by atoms with Crippen LogP contribution < -0.4 is 0 Å². The van der Waals surface area contributed by atoms with Crippen molar-refractivity contribution < 1.29 is 14.4 Å². The highest BCUT2D eigenvalue weighted by Gasteiger charge is 2.38. The van der Waals surface area contributed by atoms with Crippen molar-refractivity contribution in [3.05, 3.63) is 0 Å². The zero-order valence-corrected chi connectivity index (χ0v) is 9.43. The van der Waals surface area contributed by atoms with Gasteiger partial charge in [0.05, 0.1) is 18.8 Å². The quantitative estimate of drug-likeness (QED) is 0.703. The van der Waals surface area contributed by atoms with Crippen LogP contribution in [-0.2, 0) is 9.26 Å². The number of ether oxygens (including phenoxy) is 1. The Bertz CT molecular complexity index is 154. The highest BCUT2D eigenvalue weighted by molar-refractivity contribution is 7.09. The fraction of sp³-hybridized carbons (Fsp3) is 1.00. The van der Waals surface area contributed by atoms with Gasteiger partial charge < -0.3 is 14.4 Å². The maximum Gasteiger partial charge on any atom is 0.0847 e. The smallest absolute Gasteiger partial charge is 0.0847 e. The van der Waals surface area contributed by atoms with Crippen molar-refractivity contribution in [2.45, 2.75) is 32.5 Å². The molecule has 1 rings (SSSR count). The second-order valence-corrected chi connectivity index (χ2v) is 4.08. The predicted octanol–water partition coefficient (Wildman–Crippen LogP) is 1.22. The van der Waals surface area contributed by atoms with Gasteiger partial charge in [0.15, 0.2) is 0 Å². The van der Waals surface area contributed by atoms with Gasteiger partial charge in [-0.25, -0.2) is 0 Å². The molecule has 0 aliphatic carbocycles. The van der Waals surface area contributed by atoms with Crippen LogP contribution in [0.3, 0.4) is 0 Å². The second kappa shape index (κ2) is 5.26. The van der Waals surface area contributed by atoms with E-state index in [4.69, 9.17) is 14.4 Å². The Balaban J connectivity index is 2.52. The van der Waals surface area contributed by atoms with E-state index in [1.165, 1.54) is 0 Å². The first-order chi connectivity index (χ1) is 6.20. The molecule has 78 valence electrons. The summed E-state index contributed by atoms with van der Waals surface area (Å²) < 4.78 is 10.7. The molecule has 13 heavy (non-hydrogen) atoms. The van der Waals surface area contributed by atoms with Crippen LogP contribution in [0, 0.1) is 11.8 Å². The third kappa shape index (κ3) is 2.63. The molecular weight excluding hydrogens is 187 g/mol. The molecule has 0 aromatic heterocycles. The molecular formula is C9H19O3P. The Kier molecular flexibility index (Phi) is 4.60. The van der Waals surface area contributed by atoms with E-state index in [1.807, 2.05) is 0 Å². The average Bonchev–Trinajstić information content (AvgIpc) is 2.34. The van der Waals surface area contributed by atoms with E-state index in [0.29, 0.717) is 18.4 Å². The van der Waals surface area contributed by atoms with Crippen LogP contribution in [-0.4, -0.2) is 30.5 Å². The molecule has 0 amide bonds. The summed E-state index contributed by atoms with van der Waals surface area (Å²) in [5.74, 6) is 0.942. The standard InChI is InChI=1S/C9H19O3P/c1-6-7(2)12-9(5-11-13)8(6)3-4-10/h6-10H,3-5,13H2,1-2H3/t6-,7+,8-,9+/m1/s1. The first-order valence-corrected chi connectivity index (χ1v) is 5.25. The van der Waals surface area contributed by atoms with Crippen LogP contribution in [0.4, 0.5) is 0 Å². The van der Waals surface area contributed by atoms with Crippen molar-refractivity contribution in [3.63, 3.8) is 0 Å². The van der Waals surface area contributed by atoms with Gasteiger partial charge in [0, 0.05) is 16.1 Å². The summed E-state index contributed by atoms with van der Waals surface area (Å²) in [7, 11) is 2.24. The summed E-state index contributed by atoms with van der Waals surface area (Å²) in [6.45, 7) is 5.09. The lowest BCUT2D eigenvalue weighted by Gasteiger charge is -2.18. The Morgan fingerprint density at radius 2 is 2.15 bits per heavy atom. The monoisotopic (exact) mass is 206 g/mol. The van der Waals surface area contributed by atoms with Gasteiger partial charge in [0.25, 0.3) is 0 Å². The average molecular weight is 206 g/mol. The van der Waals surface area contributed by atoms with E-state index < -0.39 is 0 Å². The number of aliphatic hydroxyl groups is 1. The molecule has 1 unspecified atom stereocenters. The SMILES string of the molecule is C[C@H]1[C@@H](CCO)[C@H](COP)O[C@H]1C. The molecule has 0 spiro atoms. The summed E-state index contributed by atoms with van der Waals surface area (Å²) in [5.41, 5.74) is 0. The third-order valence-electron chi connectivity index (χ3n) is 3.01. The molecule has 1 fully saturated rings. The van der Waals surface area contributed by atoms with Crippen LogP contribution in [0.2, 0.25) is 0 Å². The Morgan fingerprint density at radius 3 is 2.69 bits per heavy atom. The fourth-order valence-electron chi connectivity index (χ4n) is 2.04. The van der Waals surface area contributed by atoms with Crippen LogP contribution in [0.1, 0.15) is 20.3 Å². The molecule has 5 atom stereocenters. The maximum absolute atomic E-state index is 8.92. The molecule has 0 saturated carbocycles. The molecule has 1 saturated heterocycles. The lowest BCUT2D eigenvalue weighted by Crippen LogP contribution is -2.24. The number of hydrogen-bond acceptors (Lipinski definition) is 3. The van der Waals surface area contributed by atoms with Gasteiger partial charge in [-0.1, -0.05) is 6.92 Å². The van der Waals surface area contributed by atoms with Gasteiger partial charge >= 0.3 is 0 Å². The molecule has 0 aromatic rings. The maximum atomic E-state index is 8.92. The largest absolute Gasteiger partial charge is 0.396 e. The topological polar surface area (TPSA) is 38.7 Å². The summed E-state index contributed by atoms with van der Waals surface area (Å²) in [5, 5.41) is 8.92. The molecule has 1 aliphatic rings. The van der Waals surface area contributed by atoms with E-state index in [9.17, 15) is 0 Å². The van der Waals surface area contributed by atoms with E-state index in [1.54, 1.807) is 0 Å². The minimum absolute atomic E-state index is 0.148. The first kappa shape index (κ1) is 11.4. The highest BCUT2D eigenvalue weighted by atomic mass is 31.0. The van der Waals surface area contributed by atoms with Crippen molar-refractivity contribution in [3.8, 4) is 0 Å². The first-order valence-electron chi connectivity index (χ1n) is 4.78. The Hall–Kier alpha value is 0.310. The number of rotatable bonds is 4. The molecule has 0 radical (unpaired) electrons. The van der Waals surface area contributed by atoms with Gasteiger partial charge in [-0.15, -0.1) is 0 Å². The van der Waals surface area contributed by atoms with Gasteiger partial charge in [0.1, 0.15) is 0 Å². The lowest BCUT2D eigenvalue weighted by atomic mass is 9.87. The molecule has 1 N–H and O–H groups in total. The van der Waals surface area contributed by atoms with Crippen molar-refractivity contribution in [1.82, 2.24) is 0 Å². The van der Waals surface area contributed by atoms with E-state index in [2.05, 4.69) is 23.3 Å². The van der Waals surface area contributed by atoms with Crippen molar-refractivity contribution in [2.24, 2.45) is 11.8 Å². The molecule has 3 nitrogen and oxygen atoms in total. The number of aliphatic hydroxyl groups excluding tert-OH is 1. The van der Waals surface area contributed by atoms with Crippen LogP contribution in [0.15, 0.2) is 0 Å². The van der Waals surface area contributed by atoms with Crippen LogP contribution in [0.5, 0.6) is 0 Å². The molecule has 0 aromatic carbocycles. The van der Waals surface area contributed by atoms with Crippen LogP contribution >= 0.6 is 9.47 Å². The third-order valence-corrected chi connectivity index (χ3v) is 3.20.